The number of benzene rings is 2. The van der Waals surface area contributed by atoms with Crippen LogP contribution < -0.4 is 15.2 Å². The van der Waals surface area contributed by atoms with Gasteiger partial charge in [-0.05, 0) is 30.3 Å². The number of H-pyrrole nitrogens is 1. The van der Waals surface area contributed by atoms with Crippen LogP contribution in [0.15, 0.2) is 47.3 Å². The molecule has 2 heterocycles. The van der Waals surface area contributed by atoms with Crippen molar-refractivity contribution in [2.45, 2.75) is 6.54 Å². The van der Waals surface area contributed by atoms with Crippen molar-refractivity contribution in [3.05, 3.63) is 63.7 Å². The smallest absolute Gasteiger partial charge is 0.265 e. The zero-order valence-corrected chi connectivity index (χ0v) is 13.2. The van der Waals surface area contributed by atoms with E-state index in [4.69, 9.17) is 16.3 Å². The lowest BCUT2D eigenvalue weighted by Crippen LogP contribution is -2.39. The maximum absolute atomic E-state index is 12.3. The number of aromatic amines is 1. The van der Waals surface area contributed by atoms with E-state index in [0.29, 0.717) is 33.2 Å². The van der Waals surface area contributed by atoms with Crippen LogP contribution in [0.5, 0.6) is 5.75 Å². The number of hydrogen-bond donors (Lipinski definition) is 1. The number of carbonyl (C=O) groups is 1. The average Bonchev–Trinajstić information content (AvgIpc) is 2.58. The Morgan fingerprint density at radius 2 is 2.04 bits per heavy atom. The third-order valence-electron chi connectivity index (χ3n) is 3.83. The van der Waals surface area contributed by atoms with Crippen molar-refractivity contribution in [2.24, 2.45) is 0 Å². The third kappa shape index (κ3) is 2.51. The molecule has 1 aliphatic rings. The van der Waals surface area contributed by atoms with Gasteiger partial charge in [0.05, 0.1) is 23.1 Å². The number of ether oxygens (including phenoxy) is 1. The van der Waals surface area contributed by atoms with Gasteiger partial charge in [-0.3, -0.25) is 14.5 Å². The van der Waals surface area contributed by atoms with Crippen LogP contribution in [0.3, 0.4) is 0 Å². The van der Waals surface area contributed by atoms with Crippen LogP contribution >= 0.6 is 11.6 Å². The maximum atomic E-state index is 12.3. The van der Waals surface area contributed by atoms with Gasteiger partial charge in [0.1, 0.15) is 11.6 Å². The number of aromatic nitrogens is 2. The van der Waals surface area contributed by atoms with E-state index in [1.807, 2.05) is 6.07 Å². The molecule has 0 fully saturated rings. The Kier molecular flexibility index (Phi) is 3.46. The number of carbonyl (C=O) groups excluding carboxylic acids is 1. The number of nitrogens with zero attached hydrogens (tertiary/aromatic N) is 2. The van der Waals surface area contributed by atoms with Crippen molar-refractivity contribution in [2.75, 3.05) is 11.5 Å². The van der Waals surface area contributed by atoms with Crippen LogP contribution in [0.25, 0.3) is 10.9 Å². The molecular formula is C17H12ClN3O3. The van der Waals surface area contributed by atoms with Gasteiger partial charge in [0, 0.05) is 5.02 Å². The van der Waals surface area contributed by atoms with E-state index in [9.17, 15) is 9.59 Å². The molecule has 0 atom stereocenters. The second kappa shape index (κ2) is 5.65. The fourth-order valence-electron chi connectivity index (χ4n) is 2.71. The Bertz CT molecular complexity index is 1020. The summed E-state index contributed by atoms with van der Waals surface area (Å²) in [6.07, 6.45) is 0. The van der Waals surface area contributed by atoms with Crippen LogP contribution in [0.1, 0.15) is 5.82 Å². The van der Waals surface area contributed by atoms with Crippen molar-refractivity contribution < 1.29 is 9.53 Å². The van der Waals surface area contributed by atoms with Gasteiger partial charge >= 0.3 is 0 Å². The Labute approximate surface area is 141 Å². The number of rotatable bonds is 2. The normalized spacial score (nSPS) is 13.7. The quantitative estimate of drug-likeness (QED) is 0.777. The predicted octanol–water partition coefficient (Wildman–Crippen LogP) is 2.50. The Morgan fingerprint density at radius 1 is 1.21 bits per heavy atom. The van der Waals surface area contributed by atoms with Crippen molar-refractivity contribution in [1.29, 1.82) is 0 Å². The van der Waals surface area contributed by atoms with Gasteiger partial charge in [0.15, 0.2) is 6.61 Å². The molecular weight excluding hydrogens is 330 g/mol. The number of hydrogen-bond acceptors (Lipinski definition) is 4. The fraction of sp³-hybridized carbons (Fsp3) is 0.118. The average molecular weight is 342 g/mol. The summed E-state index contributed by atoms with van der Waals surface area (Å²) in [5.74, 6) is 0.752. The highest BCUT2D eigenvalue weighted by Gasteiger charge is 2.26. The van der Waals surface area contributed by atoms with Crippen molar-refractivity contribution in [1.82, 2.24) is 9.97 Å². The van der Waals surface area contributed by atoms with Gasteiger partial charge in [-0.25, -0.2) is 4.98 Å². The molecule has 0 unspecified atom stereocenters. The van der Waals surface area contributed by atoms with Crippen molar-refractivity contribution in [3.8, 4) is 5.75 Å². The Hall–Kier alpha value is -2.86. The lowest BCUT2D eigenvalue weighted by Gasteiger charge is -2.29. The molecule has 1 aliphatic heterocycles. The van der Waals surface area contributed by atoms with Gasteiger partial charge in [0.2, 0.25) is 0 Å². The summed E-state index contributed by atoms with van der Waals surface area (Å²) in [6.45, 7) is 0.0715. The molecule has 1 aromatic heterocycles. The highest BCUT2D eigenvalue weighted by molar-refractivity contribution is 6.31. The first-order valence-corrected chi connectivity index (χ1v) is 7.70. The van der Waals surface area contributed by atoms with Gasteiger partial charge < -0.3 is 9.72 Å². The Balaban J connectivity index is 1.77. The van der Waals surface area contributed by atoms with Crippen LogP contribution in [-0.4, -0.2) is 22.5 Å². The van der Waals surface area contributed by atoms with Gasteiger partial charge in [0.25, 0.3) is 11.5 Å². The molecule has 0 saturated heterocycles. The fourth-order valence-corrected chi connectivity index (χ4v) is 2.87. The summed E-state index contributed by atoms with van der Waals surface area (Å²) in [5.41, 5.74) is 0.917. The van der Waals surface area contributed by atoms with Crippen molar-refractivity contribution in [3.63, 3.8) is 0 Å². The summed E-state index contributed by atoms with van der Waals surface area (Å²) < 4.78 is 5.41. The first-order valence-electron chi connectivity index (χ1n) is 7.32. The van der Waals surface area contributed by atoms with E-state index in [2.05, 4.69) is 9.97 Å². The second-order valence-electron chi connectivity index (χ2n) is 5.41. The molecule has 6 nitrogen and oxygen atoms in total. The van der Waals surface area contributed by atoms with E-state index in [1.165, 1.54) is 4.90 Å². The van der Waals surface area contributed by atoms with E-state index >= 15 is 0 Å². The third-order valence-corrected chi connectivity index (χ3v) is 4.07. The lowest BCUT2D eigenvalue weighted by molar-refractivity contribution is -0.121. The van der Waals surface area contributed by atoms with E-state index in [-0.39, 0.29) is 24.6 Å². The number of anilines is 1. The number of nitrogens with one attached hydrogen (secondary N) is 1. The molecule has 0 aliphatic carbocycles. The number of para-hydroxylation sites is 1. The molecule has 0 spiro atoms. The standard InChI is InChI=1S/C17H12ClN3O3/c18-10-5-6-14-13(7-10)21(16(22)9-24-14)8-15-19-12-4-2-1-3-11(12)17(23)20-15/h1-7H,8-9H2,(H,19,20,23). The molecule has 4 rings (SSSR count). The van der Waals surface area contributed by atoms with Gasteiger partial charge in [-0.15, -0.1) is 0 Å². The zero-order valence-electron chi connectivity index (χ0n) is 12.5. The molecule has 0 bridgehead atoms. The molecule has 1 N–H and O–H groups in total. The topological polar surface area (TPSA) is 75.3 Å². The first kappa shape index (κ1) is 14.7. The maximum Gasteiger partial charge on any atom is 0.265 e. The Morgan fingerprint density at radius 3 is 2.92 bits per heavy atom. The number of amides is 1. The van der Waals surface area contributed by atoms with Crippen molar-refractivity contribution >= 4 is 34.1 Å². The zero-order chi connectivity index (χ0) is 16.7. The molecule has 0 saturated carbocycles. The summed E-state index contributed by atoms with van der Waals surface area (Å²) in [7, 11) is 0. The monoisotopic (exact) mass is 341 g/mol. The molecule has 2 aromatic carbocycles. The second-order valence-corrected chi connectivity index (χ2v) is 5.85. The molecule has 0 radical (unpaired) electrons. The highest BCUT2D eigenvalue weighted by atomic mass is 35.5. The minimum atomic E-state index is -0.234. The highest BCUT2D eigenvalue weighted by Crippen LogP contribution is 2.35. The van der Waals surface area contributed by atoms with E-state index in [0.717, 1.165) is 0 Å². The van der Waals surface area contributed by atoms with Gasteiger partial charge in [-0.2, -0.15) is 0 Å². The summed E-state index contributed by atoms with van der Waals surface area (Å²) in [4.78, 5) is 33.1. The number of halogens is 1. The molecule has 24 heavy (non-hydrogen) atoms. The van der Waals surface area contributed by atoms with Crippen LogP contribution in [0.4, 0.5) is 5.69 Å². The SMILES string of the molecule is O=C1COc2ccc(Cl)cc2N1Cc1nc2ccccc2c(=O)[nH]1. The molecule has 120 valence electrons. The van der Waals surface area contributed by atoms with E-state index in [1.54, 1.807) is 36.4 Å². The van der Waals surface area contributed by atoms with Crippen LogP contribution in [0.2, 0.25) is 5.02 Å². The van der Waals surface area contributed by atoms with Gasteiger partial charge in [-0.1, -0.05) is 23.7 Å². The predicted molar refractivity (Wildman–Crippen MR) is 90.5 cm³/mol. The minimum Gasteiger partial charge on any atom is -0.482 e. The molecule has 1 amide bonds. The van der Waals surface area contributed by atoms with E-state index < -0.39 is 0 Å². The molecule has 3 aromatic rings. The largest absolute Gasteiger partial charge is 0.482 e. The van der Waals surface area contributed by atoms with Crippen LogP contribution in [0, 0.1) is 0 Å². The minimum absolute atomic E-state index is 0.0630. The number of fused-ring (bicyclic) bond motifs is 2. The summed E-state index contributed by atoms with van der Waals surface area (Å²) in [6, 6.07) is 12.1. The lowest BCUT2D eigenvalue weighted by atomic mass is 10.2. The summed E-state index contributed by atoms with van der Waals surface area (Å²) in [5, 5.41) is 1.01. The first-order chi connectivity index (χ1) is 11.6. The van der Waals surface area contributed by atoms with Crippen LogP contribution in [-0.2, 0) is 11.3 Å². The molecule has 7 heteroatoms. The summed E-state index contributed by atoms with van der Waals surface area (Å²) >= 11 is 6.03.